The summed E-state index contributed by atoms with van der Waals surface area (Å²) in [6.07, 6.45) is 3.52. The minimum absolute atomic E-state index is 0.256. The molecule has 1 N–H and O–H groups in total. The van der Waals surface area contributed by atoms with Crippen LogP contribution in [0.3, 0.4) is 0 Å². The third kappa shape index (κ3) is 5.65. The number of unbranched alkanes of at least 4 members (excludes halogenated alkanes) is 2. The van der Waals surface area contributed by atoms with E-state index in [1.165, 1.54) is 11.3 Å². The number of benzene rings is 2. The van der Waals surface area contributed by atoms with Gasteiger partial charge in [0.2, 0.25) is 10.0 Å². The number of aromatic nitrogens is 1. The van der Waals surface area contributed by atoms with Crippen LogP contribution in [0.1, 0.15) is 49.9 Å². The van der Waals surface area contributed by atoms with Crippen LogP contribution in [0.4, 0.5) is 5.13 Å². The molecule has 0 saturated carbocycles. The van der Waals surface area contributed by atoms with E-state index in [2.05, 4.69) is 24.1 Å². The Morgan fingerprint density at radius 2 is 1.81 bits per heavy atom. The van der Waals surface area contributed by atoms with Gasteiger partial charge in [-0.2, -0.15) is 4.31 Å². The number of hydrogen-bond donors (Lipinski definition) is 1. The monoisotopic (exact) mass is 475 g/mol. The molecule has 0 radical (unpaired) electrons. The predicted molar refractivity (Wildman–Crippen MR) is 129 cm³/mol. The number of nitrogens with one attached hydrogen (secondary N) is 1. The molecular weight excluding hydrogens is 446 g/mol. The Kier molecular flexibility index (Phi) is 8.22. The smallest absolute Gasteiger partial charge is 0.257 e. The van der Waals surface area contributed by atoms with E-state index in [0.29, 0.717) is 39.8 Å². The number of hydrogen-bond acceptors (Lipinski definition) is 6. The molecule has 3 aromatic rings. The normalized spacial score (nSPS) is 11.8. The molecule has 2 aromatic carbocycles. The van der Waals surface area contributed by atoms with Crippen LogP contribution in [-0.2, 0) is 10.0 Å². The zero-order chi connectivity index (χ0) is 23.1. The Morgan fingerprint density at radius 3 is 2.47 bits per heavy atom. The average Bonchev–Trinajstić information content (AvgIpc) is 3.20. The van der Waals surface area contributed by atoms with Gasteiger partial charge in [0.15, 0.2) is 5.13 Å². The molecule has 0 bridgehead atoms. The van der Waals surface area contributed by atoms with Gasteiger partial charge in [-0.15, -0.1) is 0 Å². The lowest BCUT2D eigenvalue weighted by Crippen LogP contribution is -2.33. The zero-order valence-electron chi connectivity index (χ0n) is 18.6. The second-order valence-electron chi connectivity index (χ2n) is 7.45. The number of thiazole rings is 1. The van der Waals surface area contributed by atoms with Crippen molar-refractivity contribution >= 4 is 42.6 Å². The largest absolute Gasteiger partial charge is 0.497 e. The van der Waals surface area contributed by atoms with Crippen LogP contribution in [-0.4, -0.2) is 43.8 Å². The van der Waals surface area contributed by atoms with Gasteiger partial charge in [-0.05, 0) is 49.2 Å². The Bertz CT molecular complexity index is 1170. The molecule has 0 spiro atoms. The first-order valence-electron chi connectivity index (χ1n) is 10.7. The van der Waals surface area contributed by atoms with E-state index in [4.69, 9.17) is 4.74 Å². The highest BCUT2D eigenvalue weighted by atomic mass is 32.2. The van der Waals surface area contributed by atoms with Gasteiger partial charge >= 0.3 is 0 Å². The van der Waals surface area contributed by atoms with Gasteiger partial charge in [0.1, 0.15) is 5.75 Å². The molecular formula is C23H29N3O4S2. The lowest BCUT2D eigenvalue weighted by atomic mass is 10.2. The fraction of sp³-hybridized carbons (Fsp3) is 0.391. The summed E-state index contributed by atoms with van der Waals surface area (Å²) in [5.41, 5.74) is 1.10. The average molecular weight is 476 g/mol. The number of amides is 1. The van der Waals surface area contributed by atoms with Gasteiger partial charge in [0.25, 0.3) is 5.91 Å². The number of carbonyl (C=O) groups excluding carboxylic acids is 1. The minimum atomic E-state index is -3.59. The fourth-order valence-electron chi connectivity index (χ4n) is 3.22. The van der Waals surface area contributed by atoms with Crippen LogP contribution < -0.4 is 10.1 Å². The Hall–Kier alpha value is -2.49. The van der Waals surface area contributed by atoms with Crippen LogP contribution >= 0.6 is 11.3 Å². The second kappa shape index (κ2) is 10.9. The van der Waals surface area contributed by atoms with Crippen molar-refractivity contribution in [3.63, 3.8) is 0 Å². The predicted octanol–water partition coefficient (Wildman–Crippen LogP) is 5.15. The summed E-state index contributed by atoms with van der Waals surface area (Å²) in [6.45, 7) is 5.13. The number of carbonyl (C=O) groups is 1. The minimum Gasteiger partial charge on any atom is -0.497 e. The van der Waals surface area contributed by atoms with Crippen molar-refractivity contribution in [3.8, 4) is 5.75 Å². The van der Waals surface area contributed by atoms with Gasteiger partial charge in [0, 0.05) is 18.7 Å². The van der Waals surface area contributed by atoms with Crippen LogP contribution in [0.25, 0.3) is 10.2 Å². The summed E-state index contributed by atoms with van der Waals surface area (Å²) in [5.74, 6) is 0.286. The lowest BCUT2D eigenvalue weighted by Gasteiger charge is -2.21. The number of anilines is 1. The summed E-state index contributed by atoms with van der Waals surface area (Å²) in [4.78, 5) is 17.3. The van der Waals surface area contributed by atoms with Crippen molar-refractivity contribution < 1.29 is 17.9 Å². The molecule has 0 aliphatic heterocycles. The fourth-order valence-corrected chi connectivity index (χ4v) is 5.74. The maximum Gasteiger partial charge on any atom is 0.257 e. The molecule has 0 aliphatic carbocycles. The van der Waals surface area contributed by atoms with Crippen LogP contribution in [0.5, 0.6) is 5.75 Å². The van der Waals surface area contributed by atoms with Crippen molar-refractivity contribution in [2.75, 3.05) is 25.5 Å². The molecule has 0 unspecified atom stereocenters. The van der Waals surface area contributed by atoms with Crippen molar-refractivity contribution in [1.29, 1.82) is 0 Å². The van der Waals surface area contributed by atoms with Gasteiger partial charge < -0.3 is 4.74 Å². The third-order valence-electron chi connectivity index (χ3n) is 5.07. The number of fused-ring (bicyclic) bond motifs is 1. The number of methoxy groups -OCH3 is 1. The molecule has 7 nitrogen and oxygen atoms in total. The first-order chi connectivity index (χ1) is 15.4. The molecule has 0 fully saturated rings. The van der Waals surface area contributed by atoms with E-state index in [1.807, 2.05) is 0 Å². The first-order valence-corrected chi connectivity index (χ1v) is 13.0. The third-order valence-corrected chi connectivity index (χ3v) is 7.90. The van der Waals surface area contributed by atoms with E-state index in [1.54, 1.807) is 53.9 Å². The Labute approximate surface area is 193 Å². The molecule has 32 heavy (non-hydrogen) atoms. The highest BCUT2D eigenvalue weighted by Gasteiger charge is 2.24. The molecule has 0 saturated heterocycles. The van der Waals surface area contributed by atoms with Crippen LogP contribution in [0, 0.1) is 0 Å². The van der Waals surface area contributed by atoms with Crippen molar-refractivity contribution in [2.45, 2.75) is 44.4 Å². The number of ether oxygens (including phenoxy) is 1. The van der Waals surface area contributed by atoms with E-state index >= 15 is 0 Å². The maximum absolute atomic E-state index is 13.2. The molecule has 3 rings (SSSR count). The van der Waals surface area contributed by atoms with Gasteiger partial charge in [-0.25, -0.2) is 13.4 Å². The van der Waals surface area contributed by atoms with E-state index in [9.17, 15) is 13.2 Å². The SMILES string of the molecule is CCCCN(CCCC)S(=O)(=O)c1ccc2nc(NC(=O)c3cccc(OC)c3)sc2c1. The number of rotatable bonds is 11. The summed E-state index contributed by atoms with van der Waals surface area (Å²) in [7, 11) is -2.05. The first kappa shape index (κ1) is 24.2. The standard InChI is InChI=1S/C23H29N3O4S2/c1-4-6-13-26(14-7-5-2)32(28,29)19-11-12-20-21(16-19)31-23(24-20)25-22(27)17-9-8-10-18(15-17)30-3/h8-12,15-16H,4-7,13-14H2,1-3H3,(H,24,25,27). The van der Waals surface area contributed by atoms with Crippen molar-refractivity contribution in [1.82, 2.24) is 9.29 Å². The van der Waals surface area contributed by atoms with E-state index in [-0.39, 0.29) is 10.8 Å². The van der Waals surface area contributed by atoms with E-state index in [0.717, 1.165) is 25.7 Å². The summed E-state index contributed by atoms with van der Waals surface area (Å²) in [6, 6.07) is 11.8. The van der Waals surface area contributed by atoms with Crippen molar-refractivity contribution in [3.05, 3.63) is 48.0 Å². The zero-order valence-corrected chi connectivity index (χ0v) is 20.3. The highest BCUT2D eigenvalue weighted by molar-refractivity contribution is 7.89. The summed E-state index contributed by atoms with van der Waals surface area (Å²) < 4.78 is 33.9. The summed E-state index contributed by atoms with van der Waals surface area (Å²) >= 11 is 1.25. The van der Waals surface area contributed by atoms with Gasteiger partial charge in [-0.1, -0.05) is 44.1 Å². The van der Waals surface area contributed by atoms with Crippen LogP contribution in [0.15, 0.2) is 47.4 Å². The highest BCUT2D eigenvalue weighted by Crippen LogP contribution is 2.30. The Morgan fingerprint density at radius 1 is 1.09 bits per heavy atom. The molecule has 1 heterocycles. The van der Waals surface area contributed by atoms with Crippen molar-refractivity contribution in [2.24, 2.45) is 0 Å². The van der Waals surface area contributed by atoms with Gasteiger partial charge in [0.05, 0.1) is 22.2 Å². The molecule has 0 atom stereocenters. The second-order valence-corrected chi connectivity index (χ2v) is 10.4. The Balaban J connectivity index is 1.83. The molecule has 172 valence electrons. The number of nitrogens with zero attached hydrogens (tertiary/aromatic N) is 2. The molecule has 0 aliphatic rings. The molecule has 9 heteroatoms. The van der Waals surface area contributed by atoms with E-state index < -0.39 is 10.0 Å². The molecule has 1 aromatic heterocycles. The quantitative estimate of drug-likeness (QED) is 0.414. The van der Waals surface area contributed by atoms with Crippen LogP contribution in [0.2, 0.25) is 0 Å². The van der Waals surface area contributed by atoms with Gasteiger partial charge in [-0.3, -0.25) is 10.1 Å². The number of sulfonamides is 1. The lowest BCUT2D eigenvalue weighted by molar-refractivity contribution is 0.102. The summed E-state index contributed by atoms with van der Waals surface area (Å²) in [5, 5.41) is 3.20. The maximum atomic E-state index is 13.2. The molecule has 1 amide bonds. The topological polar surface area (TPSA) is 88.6 Å².